The Morgan fingerprint density at radius 2 is 2.17 bits per heavy atom. The SMILES string of the molecule is Cc1cc(CNc2nc(C(C)C)no2)ccc1Cl. The Balaban J connectivity index is 2.00. The molecule has 0 spiro atoms. The summed E-state index contributed by atoms with van der Waals surface area (Å²) in [7, 11) is 0. The summed E-state index contributed by atoms with van der Waals surface area (Å²) in [6.45, 7) is 6.67. The van der Waals surface area contributed by atoms with Crippen LogP contribution in [0.4, 0.5) is 6.01 Å². The van der Waals surface area contributed by atoms with Crippen LogP contribution in [0, 0.1) is 6.92 Å². The Bertz CT molecular complexity index is 537. The molecule has 0 aliphatic heterocycles. The Kier molecular flexibility index (Phi) is 3.87. The van der Waals surface area contributed by atoms with Gasteiger partial charge in [-0.2, -0.15) is 4.98 Å². The smallest absolute Gasteiger partial charge is 0.321 e. The summed E-state index contributed by atoms with van der Waals surface area (Å²) in [6, 6.07) is 6.35. The molecule has 2 aromatic rings. The van der Waals surface area contributed by atoms with Crippen molar-refractivity contribution < 1.29 is 4.52 Å². The highest BCUT2D eigenvalue weighted by Crippen LogP contribution is 2.17. The van der Waals surface area contributed by atoms with Crippen molar-refractivity contribution in [1.29, 1.82) is 0 Å². The first-order valence-corrected chi connectivity index (χ1v) is 6.26. The van der Waals surface area contributed by atoms with Gasteiger partial charge in [0.05, 0.1) is 0 Å². The normalized spacial score (nSPS) is 10.9. The van der Waals surface area contributed by atoms with Crippen molar-refractivity contribution in [3.05, 3.63) is 40.2 Å². The largest absolute Gasteiger partial charge is 0.334 e. The summed E-state index contributed by atoms with van der Waals surface area (Å²) in [5.74, 6) is 0.979. The van der Waals surface area contributed by atoms with Gasteiger partial charge in [0.25, 0.3) is 0 Å². The van der Waals surface area contributed by atoms with Gasteiger partial charge >= 0.3 is 6.01 Å². The molecule has 0 amide bonds. The van der Waals surface area contributed by atoms with Crippen LogP contribution in [0.25, 0.3) is 0 Å². The minimum absolute atomic E-state index is 0.266. The Hall–Kier alpha value is -1.55. The molecule has 1 heterocycles. The first kappa shape index (κ1) is 12.9. The first-order valence-electron chi connectivity index (χ1n) is 5.89. The number of nitrogens with one attached hydrogen (secondary N) is 1. The number of benzene rings is 1. The molecule has 0 atom stereocenters. The van der Waals surface area contributed by atoms with Crippen LogP contribution < -0.4 is 5.32 Å². The molecule has 2 rings (SSSR count). The lowest BCUT2D eigenvalue weighted by Crippen LogP contribution is -2.00. The fourth-order valence-corrected chi connectivity index (χ4v) is 1.65. The van der Waals surface area contributed by atoms with E-state index < -0.39 is 0 Å². The van der Waals surface area contributed by atoms with E-state index in [1.807, 2.05) is 39.0 Å². The van der Waals surface area contributed by atoms with Crippen molar-refractivity contribution in [3.8, 4) is 0 Å². The summed E-state index contributed by atoms with van der Waals surface area (Å²) < 4.78 is 5.10. The Morgan fingerprint density at radius 3 is 2.78 bits per heavy atom. The molecule has 1 aromatic carbocycles. The van der Waals surface area contributed by atoms with Crippen LogP contribution in [0.1, 0.15) is 36.7 Å². The molecule has 5 heteroatoms. The monoisotopic (exact) mass is 265 g/mol. The third-order valence-corrected chi connectivity index (χ3v) is 3.05. The second-order valence-corrected chi connectivity index (χ2v) is 4.96. The molecule has 0 radical (unpaired) electrons. The number of halogens is 1. The van der Waals surface area contributed by atoms with Gasteiger partial charge in [-0.05, 0) is 24.1 Å². The minimum atomic E-state index is 0.266. The topological polar surface area (TPSA) is 51.0 Å². The second kappa shape index (κ2) is 5.40. The van der Waals surface area contributed by atoms with Crippen molar-refractivity contribution in [2.45, 2.75) is 33.2 Å². The third kappa shape index (κ3) is 3.01. The van der Waals surface area contributed by atoms with E-state index in [9.17, 15) is 0 Å². The minimum Gasteiger partial charge on any atom is -0.334 e. The maximum atomic E-state index is 5.97. The first-order chi connectivity index (χ1) is 8.56. The van der Waals surface area contributed by atoms with Crippen LogP contribution in [0.2, 0.25) is 5.02 Å². The molecule has 0 bridgehead atoms. The number of hydrogen-bond acceptors (Lipinski definition) is 4. The lowest BCUT2D eigenvalue weighted by atomic mass is 10.1. The van der Waals surface area contributed by atoms with Gasteiger partial charge < -0.3 is 9.84 Å². The van der Waals surface area contributed by atoms with E-state index in [1.165, 1.54) is 0 Å². The van der Waals surface area contributed by atoms with Crippen molar-refractivity contribution in [2.24, 2.45) is 0 Å². The van der Waals surface area contributed by atoms with Gasteiger partial charge in [0, 0.05) is 17.5 Å². The van der Waals surface area contributed by atoms with Crippen LogP contribution in [-0.2, 0) is 6.54 Å². The van der Waals surface area contributed by atoms with E-state index in [4.69, 9.17) is 16.1 Å². The van der Waals surface area contributed by atoms with E-state index in [0.29, 0.717) is 18.4 Å². The van der Waals surface area contributed by atoms with Crippen molar-refractivity contribution in [3.63, 3.8) is 0 Å². The maximum absolute atomic E-state index is 5.97. The quantitative estimate of drug-likeness (QED) is 0.914. The highest BCUT2D eigenvalue weighted by molar-refractivity contribution is 6.31. The summed E-state index contributed by atoms with van der Waals surface area (Å²) in [5.41, 5.74) is 2.19. The molecule has 0 aliphatic rings. The molecule has 1 aromatic heterocycles. The summed E-state index contributed by atoms with van der Waals surface area (Å²) in [5, 5.41) is 7.77. The standard InChI is InChI=1S/C13H16ClN3O/c1-8(2)12-16-13(18-17-12)15-7-10-4-5-11(14)9(3)6-10/h4-6,8H,7H2,1-3H3,(H,15,16,17). The van der Waals surface area contributed by atoms with Gasteiger partial charge in [-0.1, -0.05) is 42.7 Å². The van der Waals surface area contributed by atoms with Gasteiger partial charge in [-0.15, -0.1) is 0 Å². The van der Waals surface area contributed by atoms with Gasteiger partial charge in [0.15, 0.2) is 5.82 Å². The van der Waals surface area contributed by atoms with Crippen LogP contribution in [0.3, 0.4) is 0 Å². The van der Waals surface area contributed by atoms with E-state index in [1.54, 1.807) is 0 Å². The van der Waals surface area contributed by atoms with Crippen LogP contribution in [-0.4, -0.2) is 10.1 Å². The van der Waals surface area contributed by atoms with Gasteiger partial charge in [-0.3, -0.25) is 0 Å². The van der Waals surface area contributed by atoms with Gasteiger partial charge in [0.2, 0.25) is 0 Å². The van der Waals surface area contributed by atoms with Gasteiger partial charge in [-0.25, -0.2) is 0 Å². The van der Waals surface area contributed by atoms with Gasteiger partial charge in [0.1, 0.15) is 0 Å². The molecule has 0 saturated carbocycles. The summed E-state index contributed by atoms with van der Waals surface area (Å²) >= 11 is 5.97. The van der Waals surface area contributed by atoms with E-state index in [2.05, 4.69) is 15.5 Å². The molecule has 4 nitrogen and oxygen atoms in total. The highest BCUT2D eigenvalue weighted by Gasteiger charge is 2.09. The summed E-state index contributed by atoms with van der Waals surface area (Å²) in [4.78, 5) is 4.25. The Morgan fingerprint density at radius 1 is 1.39 bits per heavy atom. The molecular formula is C13H16ClN3O. The average molecular weight is 266 g/mol. The zero-order valence-corrected chi connectivity index (χ0v) is 11.5. The second-order valence-electron chi connectivity index (χ2n) is 4.55. The predicted molar refractivity (Wildman–Crippen MR) is 71.9 cm³/mol. The fourth-order valence-electron chi connectivity index (χ4n) is 1.54. The number of hydrogen-bond donors (Lipinski definition) is 1. The zero-order valence-electron chi connectivity index (χ0n) is 10.7. The molecule has 0 aliphatic carbocycles. The molecule has 18 heavy (non-hydrogen) atoms. The lowest BCUT2D eigenvalue weighted by molar-refractivity contribution is 0.419. The molecule has 0 saturated heterocycles. The zero-order chi connectivity index (χ0) is 13.1. The number of aromatic nitrogens is 2. The number of aryl methyl sites for hydroxylation is 1. The molecule has 1 N–H and O–H groups in total. The van der Waals surface area contributed by atoms with Crippen molar-refractivity contribution in [2.75, 3.05) is 5.32 Å². The maximum Gasteiger partial charge on any atom is 0.321 e. The Labute approximate surface area is 111 Å². The van der Waals surface area contributed by atoms with Crippen LogP contribution >= 0.6 is 11.6 Å². The van der Waals surface area contributed by atoms with Crippen LogP contribution in [0.5, 0.6) is 0 Å². The third-order valence-electron chi connectivity index (χ3n) is 2.62. The number of nitrogens with zero attached hydrogens (tertiary/aromatic N) is 2. The average Bonchev–Trinajstić information content (AvgIpc) is 2.79. The van der Waals surface area contributed by atoms with E-state index in [0.717, 1.165) is 16.1 Å². The molecule has 0 fully saturated rings. The number of anilines is 1. The fraction of sp³-hybridized carbons (Fsp3) is 0.385. The predicted octanol–water partition coefficient (Wildman–Crippen LogP) is 3.77. The number of rotatable bonds is 4. The highest BCUT2D eigenvalue weighted by atomic mass is 35.5. The van der Waals surface area contributed by atoms with Crippen molar-refractivity contribution in [1.82, 2.24) is 10.1 Å². The van der Waals surface area contributed by atoms with E-state index >= 15 is 0 Å². The molecular weight excluding hydrogens is 250 g/mol. The summed E-state index contributed by atoms with van der Waals surface area (Å²) in [6.07, 6.45) is 0. The van der Waals surface area contributed by atoms with E-state index in [-0.39, 0.29) is 5.92 Å². The molecule has 0 unspecified atom stereocenters. The van der Waals surface area contributed by atoms with Crippen molar-refractivity contribution >= 4 is 17.6 Å². The van der Waals surface area contributed by atoms with Crippen LogP contribution in [0.15, 0.2) is 22.7 Å². The lowest BCUT2D eigenvalue weighted by Gasteiger charge is -2.04. The molecule has 96 valence electrons.